The number of hydrogen-bond acceptors (Lipinski definition) is 3. The molecule has 1 fully saturated rings. The van der Waals surface area contributed by atoms with Gasteiger partial charge in [-0.15, -0.1) is 0 Å². The first kappa shape index (κ1) is 9.19. The zero-order valence-corrected chi connectivity index (χ0v) is 7.35. The SMILES string of the molecule is CCC1(COC)CC(=O)NC1=O. The number of carbonyl (C=O) groups excluding carboxylic acids is 2. The van der Waals surface area contributed by atoms with Gasteiger partial charge in [0.1, 0.15) is 0 Å². The highest BCUT2D eigenvalue weighted by Gasteiger charge is 2.45. The van der Waals surface area contributed by atoms with Gasteiger partial charge in [0.15, 0.2) is 0 Å². The highest BCUT2D eigenvalue weighted by Crippen LogP contribution is 2.31. The first-order chi connectivity index (χ1) is 5.64. The predicted molar refractivity (Wildman–Crippen MR) is 42.4 cm³/mol. The Labute approximate surface area is 71.3 Å². The summed E-state index contributed by atoms with van der Waals surface area (Å²) in [5.41, 5.74) is -0.605. The first-order valence-corrected chi connectivity index (χ1v) is 3.98. The van der Waals surface area contributed by atoms with Crippen molar-refractivity contribution in [1.29, 1.82) is 0 Å². The van der Waals surface area contributed by atoms with Crippen molar-refractivity contribution in [3.05, 3.63) is 0 Å². The molecule has 1 heterocycles. The molecular weight excluding hydrogens is 158 g/mol. The van der Waals surface area contributed by atoms with Gasteiger partial charge in [-0.2, -0.15) is 0 Å². The maximum atomic E-state index is 11.3. The van der Waals surface area contributed by atoms with Crippen molar-refractivity contribution < 1.29 is 14.3 Å². The summed E-state index contributed by atoms with van der Waals surface area (Å²) >= 11 is 0. The molecule has 1 rings (SSSR count). The van der Waals surface area contributed by atoms with Crippen LogP contribution in [0.5, 0.6) is 0 Å². The Morgan fingerprint density at radius 3 is 2.58 bits per heavy atom. The second-order valence-electron chi connectivity index (χ2n) is 3.12. The van der Waals surface area contributed by atoms with E-state index in [4.69, 9.17) is 4.74 Å². The number of rotatable bonds is 3. The molecule has 1 N–H and O–H groups in total. The van der Waals surface area contributed by atoms with Crippen LogP contribution in [0.25, 0.3) is 0 Å². The lowest BCUT2D eigenvalue weighted by Crippen LogP contribution is -2.34. The number of hydrogen-bond donors (Lipinski definition) is 1. The Balaban J connectivity index is 2.78. The molecule has 1 aliphatic rings. The van der Waals surface area contributed by atoms with E-state index in [1.807, 2.05) is 6.92 Å². The molecule has 0 spiro atoms. The predicted octanol–water partition coefficient (Wildman–Crippen LogP) is 0.0757. The maximum absolute atomic E-state index is 11.3. The number of carbonyl (C=O) groups is 2. The molecule has 2 amide bonds. The fourth-order valence-corrected chi connectivity index (χ4v) is 1.47. The van der Waals surface area contributed by atoms with Gasteiger partial charge in [0.25, 0.3) is 0 Å². The third-order valence-electron chi connectivity index (χ3n) is 2.33. The number of methoxy groups -OCH3 is 1. The van der Waals surface area contributed by atoms with E-state index in [2.05, 4.69) is 5.32 Å². The molecule has 0 saturated carbocycles. The van der Waals surface area contributed by atoms with Crippen LogP contribution in [0.15, 0.2) is 0 Å². The van der Waals surface area contributed by atoms with E-state index in [1.165, 1.54) is 7.11 Å². The van der Waals surface area contributed by atoms with Crippen molar-refractivity contribution >= 4 is 11.8 Å². The third-order valence-corrected chi connectivity index (χ3v) is 2.33. The Morgan fingerprint density at radius 1 is 1.58 bits per heavy atom. The Hall–Kier alpha value is -0.900. The highest BCUT2D eigenvalue weighted by molar-refractivity contribution is 6.05. The molecule has 12 heavy (non-hydrogen) atoms. The Bertz CT molecular complexity index is 214. The summed E-state index contributed by atoms with van der Waals surface area (Å²) in [5.74, 6) is -0.393. The number of imide groups is 1. The van der Waals surface area contributed by atoms with Crippen molar-refractivity contribution in [2.75, 3.05) is 13.7 Å². The van der Waals surface area contributed by atoms with Crippen LogP contribution in [0.4, 0.5) is 0 Å². The van der Waals surface area contributed by atoms with Crippen LogP contribution in [0.2, 0.25) is 0 Å². The summed E-state index contributed by atoms with van der Waals surface area (Å²) in [6.45, 7) is 2.21. The first-order valence-electron chi connectivity index (χ1n) is 3.98. The molecule has 0 aromatic carbocycles. The van der Waals surface area contributed by atoms with Crippen molar-refractivity contribution in [2.24, 2.45) is 5.41 Å². The Morgan fingerprint density at radius 2 is 2.25 bits per heavy atom. The molecule has 0 bridgehead atoms. The average molecular weight is 171 g/mol. The van der Waals surface area contributed by atoms with Crippen LogP contribution < -0.4 is 5.32 Å². The number of nitrogens with one attached hydrogen (secondary N) is 1. The third kappa shape index (κ3) is 1.34. The smallest absolute Gasteiger partial charge is 0.235 e. The summed E-state index contributed by atoms with van der Waals surface area (Å²) in [5, 5.41) is 2.29. The monoisotopic (exact) mass is 171 g/mol. The fraction of sp³-hybridized carbons (Fsp3) is 0.750. The molecular formula is C8H13NO3. The van der Waals surface area contributed by atoms with Crippen LogP contribution in [0, 0.1) is 5.41 Å². The lowest BCUT2D eigenvalue weighted by atomic mass is 9.84. The summed E-state index contributed by atoms with van der Waals surface area (Å²) in [7, 11) is 1.54. The zero-order valence-electron chi connectivity index (χ0n) is 7.35. The molecule has 0 radical (unpaired) electrons. The molecule has 4 nitrogen and oxygen atoms in total. The van der Waals surface area contributed by atoms with E-state index < -0.39 is 5.41 Å². The normalized spacial score (nSPS) is 29.2. The van der Waals surface area contributed by atoms with E-state index in [0.29, 0.717) is 13.0 Å². The summed E-state index contributed by atoms with van der Waals surface area (Å²) in [4.78, 5) is 22.2. The van der Waals surface area contributed by atoms with Gasteiger partial charge in [-0.05, 0) is 6.42 Å². The van der Waals surface area contributed by atoms with Crippen molar-refractivity contribution in [3.63, 3.8) is 0 Å². The second-order valence-corrected chi connectivity index (χ2v) is 3.12. The van der Waals surface area contributed by atoms with Crippen molar-refractivity contribution in [2.45, 2.75) is 19.8 Å². The molecule has 0 aliphatic carbocycles. The fourth-order valence-electron chi connectivity index (χ4n) is 1.47. The van der Waals surface area contributed by atoms with Crippen LogP contribution in [0.1, 0.15) is 19.8 Å². The van der Waals surface area contributed by atoms with E-state index in [1.54, 1.807) is 0 Å². The van der Waals surface area contributed by atoms with Crippen LogP contribution in [-0.4, -0.2) is 25.5 Å². The highest BCUT2D eigenvalue weighted by atomic mass is 16.5. The molecule has 0 aromatic heterocycles. The number of ether oxygens (including phenoxy) is 1. The van der Waals surface area contributed by atoms with Gasteiger partial charge in [0.2, 0.25) is 11.8 Å². The molecule has 1 unspecified atom stereocenters. The van der Waals surface area contributed by atoms with E-state index >= 15 is 0 Å². The average Bonchev–Trinajstić information content (AvgIpc) is 2.28. The largest absolute Gasteiger partial charge is 0.384 e. The topological polar surface area (TPSA) is 55.4 Å². The van der Waals surface area contributed by atoms with Gasteiger partial charge < -0.3 is 4.74 Å². The summed E-state index contributed by atoms with van der Waals surface area (Å²) in [6, 6.07) is 0. The van der Waals surface area contributed by atoms with Crippen LogP contribution in [-0.2, 0) is 14.3 Å². The van der Waals surface area contributed by atoms with E-state index in [-0.39, 0.29) is 18.2 Å². The van der Waals surface area contributed by atoms with Gasteiger partial charge >= 0.3 is 0 Å². The lowest BCUT2D eigenvalue weighted by molar-refractivity contribution is -0.130. The van der Waals surface area contributed by atoms with Gasteiger partial charge in [0, 0.05) is 13.5 Å². The quantitative estimate of drug-likeness (QED) is 0.611. The van der Waals surface area contributed by atoms with E-state index in [9.17, 15) is 9.59 Å². The van der Waals surface area contributed by atoms with Crippen LogP contribution >= 0.6 is 0 Å². The number of amides is 2. The lowest BCUT2D eigenvalue weighted by Gasteiger charge is -2.21. The maximum Gasteiger partial charge on any atom is 0.235 e. The summed E-state index contributed by atoms with van der Waals surface area (Å²) < 4.78 is 4.93. The minimum atomic E-state index is -0.605. The summed E-state index contributed by atoms with van der Waals surface area (Å²) in [6.07, 6.45) is 0.897. The van der Waals surface area contributed by atoms with Crippen molar-refractivity contribution in [3.8, 4) is 0 Å². The van der Waals surface area contributed by atoms with Gasteiger partial charge in [-0.3, -0.25) is 14.9 Å². The molecule has 1 aliphatic heterocycles. The minimum absolute atomic E-state index is 0.195. The standard InChI is InChI=1S/C8H13NO3/c1-3-8(5-12-2)4-6(10)9-7(8)11/h3-5H2,1-2H3,(H,9,10,11). The molecule has 0 aromatic rings. The zero-order chi connectivity index (χ0) is 9.19. The van der Waals surface area contributed by atoms with E-state index in [0.717, 1.165) is 0 Å². The molecule has 1 atom stereocenters. The van der Waals surface area contributed by atoms with Gasteiger partial charge in [-0.25, -0.2) is 0 Å². The molecule has 68 valence electrons. The molecule has 1 saturated heterocycles. The van der Waals surface area contributed by atoms with Gasteiger partial charge in [-0.1, -0.05) is 6.92 Å². The molecule has 4 heteroatoms. The van der Waals surface area contributed by atoms with Crippen LogP contribution in [0.3, 0.4) is 0 Å². The minimum Gasteiger partial charge on any atom is -0.384 e. The second kappa shape index (κ2) is 3.23. The van der Waals surface area contributed by atoms with Gasteiger partial charge in [0.05, 0.1) is 12.0 Å². The van der Waals surface area contributed by atoms with Crippen molar-refractivity contribution in [1.82, 2.24) is 5.32 Å². The Kier molecular flexibility index (Phi) is 2.47.